The number of halogens is 3. The molecule has 2 saturated heterocycles. The van der Waals surface area contributed by atoms with E-state index in [0.717, 1.165) is 35.1 Å². The highest BCUT2D eigenvalue weighted by Crippen LogP contribution is 2.39. The van der Waals surface area contributed by atoms with E-state index in [0.29, 0.717) is 49.9 Å². The van der Waals surface area contributed by atoms with Crippen LogP contribution < -0.4 is 4.90 Å². The molecule has 0 spiro atoms. The lowest BCUT2D eigenvalue weighted by Gasteiger charge is -2.39. The van der Waals surface area contributed by atoms with E-state index in [1.807, 2.05) is 29.5 Å². The van der Waals surface area contributed by atoms with Gasteiger partial charge >= 0.3 is 0 Å². The summed E-state index contributed by atoms with van der Waals surface area (Å²) in [6.07, 6.45) is 0.719. The van der Waals surface area contributed by atoms with Gasteiger partial charge in [-0.3, -0.25) is 9.69 Å². The fraction of sp³-hybridized carbons (Fsp3) is 0.548. The van der Waals surface area contributed by atoms with Crippen molar-refractivity contribution in [2.45, 2.75) is 65.5 Å². The molecule has 1 amide bonds. The Kier molecular flexibility index (Phi) is 8.58. The molecule has 2 fully saturated rings. The van der Waals surface area contributed by atoms with Gasteiger partial charge in [0.25, 0.3) is 0 Å². The number of amides is 1. The van der Waals surface area contributed by atoms with Gasteiger partial charge in [-0.1, -0.05) is 30.7 Å². The average Bonchev–Trinajstić information content (AvgIpc) is 3.61. The second-order valence-corrected chi connectivity index (χ2v) is 12.9. The van der Waals surface area contributed by atoms with Crippen LogP contribution in [0.1, 0.15) is 69.1 Å². The van der Waals surface area contributed by atoms with E-state index < -0.39 is 17.6 Å². The summed E-state index contributed by atoms with van der Waals surface area (Å²) < 4.78 is 30.5. The van der Waals surface area contributed by atoms with Gasteiger partial charge in [-0.15, -0.1) is 5.10 Å². The number of aromatic nitrogens is 4. The van der Waals surface area contributed by atoms with Crippen LogP contribution in [0.5, 0.6) is 0 Å². The average molecular weight is 600 g/mol. The van der Waals surface area contributed by atoms with E-state index in [2.05, 4.69) is 59.1 Å². The maximum absolute atomic E-state index is 14.9. The van der Waals surface area contributed by atoms with E-state index in [4.69, 9.17) is 11.6 Å². The summed E-state index contributed by atoms with van der Waals surface area (Å²) in [6.45, 7) is 15.8. The van der Waals surface area contributed by atoms with Crippen molar-refractivity contribution in [1.29, 1.82) is 0 Å². The fourth-order valence-electron chi connectivity index (χ4n) is 6.30. The number of hydrogen-bond donors (Lipinski definition) is 0. The van der Waals surface area contributed by atoms with Gasteiger partial charge in [0.05, 0.1) is 12.0 Å². The van der Waals surface area contributed by atoms with Crippen molar-refractivity contribution in [3.63, 3.8) is 0 Å². The SMILES string of the molecule is CCc1nnnn1C(C)c1cc(C)c(Cl)cc1N1CCN(C(=O)C2CN(C(C)(C)C)C[C@H]2c2ccc(F)cc2F)CC1. The Morgan fingerprint density at radius 2 is 1.81 bits per heavy atom. The second-order valence-electron chi connectivity index (χ2n) is 12.5. The van der Waals surface area contributed by atoms with Crippen LogP contribution in [0.4, 0.5) is 14.5 Å². The maximum Gasteiger partial charge on any atom is 0.227 e. The van der Waals surface area contributed by atoms with Crippen molar-refractivity contribution >= 4 is 23.2 Å². The first kappa shape index (κ1) is 30.4. The molecular weight excluding hydrogens is 560 g/mol. The van der Waals surface area contributed by atoms with Crippen LogP contribution in [-0.2, 0) is 11.2 Å². The van der Waals surface area contributed by atoms with Crippen LogP contribution in [0, 0.1) is 24.5 Å². The van der Waals surface area contributed by atoms with Gasteiger partial charge in [0.2, 0.25) is 5.91 Å². The normalized spacial score (nSPS) is 20.8. The highest BCUT2D eigenvalue weighted by molar-refractivity contribution is 6.31. The number of hydrogen-bond acceptors (Lipinski definition) is 6. The predicted octanol–water partition coefficient (Wildman–Crippen LogP) is 5.25. The Labute approximate surface area is 251 Å². The number of carbonyl (C=O) groups is 1. The highest BCUT2D eigenvalue weighted by atomic mass is 35.5. The Balaban J connectivity index is 1.36. The molecule has 3 aromatic rings. The topological polar surface area (TPSA) is 70.4 Å². The lowest BCUT2D eigenvalue weighted by molar-refractivity contribution is -0.136. The van der Waals surface area contributed by atoms with Crippen LogP contribution in [0.3, 0.4) is 0 Å². The van der Waals surface area contributed by atoms with Crippen molar-refractivity contribution in [1.82, 2.24) is 30.0 Å². The minimum atomic E-state index is -0.614. The molecule has 226 valence electrons. The van der Waals surface area contributed by atoms with Crippen molar-refractivity contribution in [3.8, 4) is 0 Å². The standard InChI is InChI=1S/C31H40ClF2N7O/c1-7-29-35-36-37-41(29)20(3)23-14-19(2)26(32)16-28(23)38-10-12-39(13-11-38)30(42)25-18-40(31(4,5)6)17-24(25)22-9-8-21(33)15-27(22)34/h8-9,14-16,20,24-25H,7,10-13,17-18H2,1-6H3/t20?,24-,25?/m0/s1. The third kappa shape index (κ3) is 5.88. The molecule has 3 atom stereocenters. The van der Waals surface area contributed by atoms with Crippen molar-refractivity contribution in [2.75, 3.05) is 44.2 Å². The molecule has 0 radical (unpaired) electrons. The molecule has 2 aromatic carbocycles. The van der Waals surface area contributed by atoms with E-state index >= 15 is 0 Å². The Bertz CT molecular complexity index is 1450. The number of likely N-dealkylation sites (tertiary alicyclic amines) is 1. The van der Waals surface area contributed by atoms with E-state index in [1.54, 1.807) is 0 Å². The minimum absolute atomic E-state index is 0.0203. The van der Waals surface area contributed by atoms with E-state index in [-0.39, 0.29) is 23.4 Å². The summed E-state index contributed by atoms with van der Waals surface area (Å²) in [5, 5.41) is 13.0. The Morgan fingerprint density at radius 3 is 2.45 bits per heavy atom. The molecule has 2 aliphatic heterocycles. The van der Waals surface area contributed by atoms with Crippen molar-refractivity contribution < 1.29 is 13.6 Å². The number of tetrazole rings is 1. The van der Waals surface area contributed by atoms with Gasteiger partial charge in [-0.05, 0) is 68.3 Å². The quantitative estimate of drug-likeness (QED) is 0.386. The number of aryl methyl sites for hydroxylation is 2. The van der Waals surface area contributed by atoms with E-state index in [9.17, 15) is 13.6 Å². The summed E-state index contributed by atoms with van der Waals surface area (Å²) in [7, 11) is 0. The zero-order valence-electron chi connectivity index (χ0n) is 25.2. The molecule has 1 aromatic heterocycles. The van der Waals surface area contributed by atoms with Crippen LogP contribution in [0.2, 0.25) is 5.02 Å². The van der Waals surface area contributed by atoms with Crippen LogP contribution in [0.15, 0.2) is 30.3 Å². The summed E-state index contributed by atoms with van der Waals surface area (Å²) in [6, 6.07) is 7.69. The number of piperazine rings is 1. The first-order chi connectivity index (χ1) is 19.9. The zero-order valence-corrected chi connectivity index (χ0v) is 26.0. The molecule has 0 bridgehead atoms. The van der Waals surface area contributed by atoms with Crippen LogP contribution >= 0.6 is 11.6 Å². The van der Waals surface area contributed by atoms with Crippen molar-refractivity contribution in [2.24, 2.45) is 5.92 Å². The predicted molar refractivity (Wildman–Crippen MR) is 160 cm³/mol. The minimum Gasteiger partial charge on any atom is -0.368 e. The first-order valence-corrected chi connectivity index (χ1v) is 15.1. The number of benzene rings is 2. The summed E-state index contributed by atoms with van der Waals surface area (Å²) in [5.74, 6) is -1.13. The van der Waals surface area contributed by atoms with Gasteiger partial charge in [-0.2, -0.15) is 0 Å². The summed E-state index contributed by atoms with van der Waals surface area (Å²) in [4.78, 5) is 20.4. The number of nitrogens with zero attached hydrogens (tertiary/aromatic N) is 7. The molecule has 42 heavy (non-hydrogen) atoms. The van der Waals surface area contributed by atoms with Crippen LogP contribution in [-0.4, -0.2) is 80.7 Å². The summed E-state index contributed by atoms with van der Waals surface area (Å²) >= 11 is 6.61. The number of rotatable bonds is 6. The molecule has 3 heterocycles. The molecule has 0 saturated carbocycles. The lowest BCUT2D eigenvalue weighted by Crippen LogP contribution is -2.51. The largest absolute Gasteiger partial charge is 0.368 e. The monoisotopic (exact) mass is 599 g/mol. The van der Waals surface area contributed by atoms with Gasteiger partial charge in [0.1, 0.15) is 11.6 Å². The van der Waals surface area contributed by atoms with Crippen LogP contribution in [0.25, 0.3) is 0 Å². The van der Waals surface area contributed by atoms with Gasteiger partial charge in [0.15, 0.2) is 5.82 Å². The van der Waals surface area contributed by atoms with Crippen molar-refractivity contribution in [3.05, 3.63) is 69.5 Å². The molecular formula is C31H40ClF2N7O. The first-order valence-electron chi connectivity index (χ1n) is 14.7. The lowest BCUT2D eigenvalue weighted by atomic mass is 9.87. The van der Waals surface area contributed by atoms with E-state index in [1.165, 1.54) is 12.1 Å². The Hall–Kier alpha value is -3.11. The highest BCUT2D eigenvalue weighted by Gasteiger charge is 2.44. The molecule has 5 rings (SSSR count). The van der Waals surface area contributed by atoms with Gasteiger partial charge in [0, 0.05) is 79.5 Å². The van der Waals surface area contributed by atoms with Gasteiger partial charge in [-0.25, -0.2) is 13.5 Å². The third-order valence-electron chi connectivity index (χ3n) is 8.88. The maximum atomic E-state index is 14.9. The molecule has 0 N–H and O–H groups in total. The smallest absolute Gasteiger partial charge is 0.227 e. The molecule has 8 nitrogen and oxygen atoms in total. The molecule has 11 heteroatoms. The molecule has 2 unspecified atom stereocenters. The molecule has 2 aliphatic rings. The Morgan fingerprint density at radius 1 is 1.10 bits per heavy atom. The van der Waals surface area contributed by atoms with Gasteiger partial charge < -0.3 is 9.80 Å². The number of anilines is 1. The fourth-order valence-corrected chi connectivity index (χ4v) is 6.46. The number of carbonyl (C=O) groups excluding carboxylic acids is 1. The zero-order chi connectivity index (χ0) is 30.3. The summed E-state index contributed by atoms with van der Waals surface area (Å²) in [5.41, 5.74) is 3.28. The third-order valence-corrected chi connectivity index (χ3v) is 9.29. The molecule has 0 aliphatic carbocycles. The second kappa shape index (κ2) is 11.9.